The van der Waals surface area contributed by atoms with E-state index in [2.05, 4.69) is 61.2 Å². The zero-order chi connectivity index (χ0) is 26.4. The first-order chi connectivity index (χ1) is 17.6. The van der Waals surface area contributed by atoms with Gasteiger partial charge in [0.05, 0.1) is 17.1 Å². The lowest BCUT2D eigenvalue weighted by Gasteiger charge is -2.40. The average Bonchev–Trinajstić information content (AvgIpc) is 3.34. The lowest BCUT2D eigenvalue weighted by molar-refractivity contribution is -0.121. The second-order valence-electron chi connectivity index (χ2n) is 11.2. The Morgan fingerprint density at radius 1 is 1.05 bits per heavy atom. The SMILES string of the molecule is CCN1[C@@H](CC(C)(C)C)[C@]2(C=Nc3cc(Cl)ccc32)[C@@H](c2cccc(Cl)c2)[C@@H]1C(=O)Nc1ccncc1. The molecule has 2 aromatic carbocycles. The maximum absolute atomic E-state index is 14.2. The van der Waals surface area contributed by atoms with Crippen molar-refractivity contribution in [3.63, 3.8) is 0 Å². The van der Waals surface area contributed by atoms with Gasteiger partial charge in [-0.3, -0.25) is 19.7 Å². The summed E-state index contributed by atoms with van der Waals surface area (Å²) in [5, 5.41) is 4.46. The number of fused-ring (bicyclic) bond motifs is 2. The molecule has 1 aromatic heterocycles. The first kappa shape index (κ1) is 25.9. The Morgan fingerprint density at radius 3 is 2.46 bits per heavy atom. The number of nitrogens with zero attached hydrogens (tertiary/aromatic N) is 3. The van der Waals surface area contributed by atoms with Gasteiger partial charge in [0.25, 0.3) is 0 Å². The number of hydrogen-bond acceptors (Lipinski definition) is 4. The van der Waals surface area contributed by atoms with Gasteiger partial charge in [-0.15, -0.1) is 0 Å². The molecule has 37 heavy (non-hydrogen) atoms. The summed E-state index contributed by atoms with van der Waals surface area (Å²) in [5.74, 6) is -0.267. The molecule has 1 spiro atoms. The fraction of sp³-hybridized carbons (Fsp3) is 0.367. The summed E-state index contributed by atoms with van der Waals surface area (Å²) in [7, 11) is 0. The molecule has 0 radical (unpaired) electrons. The summed E-state index contributed by atoms with van der Waals surface area (Å²) in [6.45, 7) is 9.60. The molecule has 7 heteroatoms. The van der Waals surface area contributed by atoms with Crippen molar-refractivity contribution in [2.45, 2.75) is 57.5 Å². The fourth-order valence-corrected chi connectivity index (χ4v) is 6.63. The van der Waals surface area contributed by atoms with Crippen LogP contribution in [0.2, 0.25) is 10.0 Å². The highest BCUT2D eigenvalue weighted by Crippen LogP contribution is 2.58. The standard InChI is InChI=1S/C30H32Cl2N4O/c1-5-36-25(17-29(2,3)4)30(18-34-24-16-21(32)9-10-23(24)30)26(19-7-6-8-20(31)15-19)27(36)28(37)35-22-11-13-33-14-12-22/h6-16,18,25-27H,5,17H2,1-4H3,(H,33,35,37)/t25-,26-,27+,30+/m0/s1. The van der Waals surface area contributed by atoms with Crippen LogP contribution in [0.25, 0.3) is 0 Å². The van der Waals surface area contributed by atoms with Crippen molar-refractivity contribution in [1.29, 1.82) is 0 Å². The summed E-state index contributed by atoms with van der Waals surface area (Å²) in [4.78, 5) is 25.6. The predicted molar refractivity (Wildman–Crippen MR) is 152 cm³/mol. The topological polar surface area (TPSA) is 57.6 Å². The van der Waals surface area contributed by atoms with Crippen molar-refractivity contribution < 1.29 is 4.79 Å². The zero-order valence-electron chi connectivity index (χ0n) is 21.6. The fourth-order valence-electron chi connectivity index (χ4n) is 6.26. The van der Waals surface area contributed by atoms with Gasteiger partial charge in [0, 0.05) is 46.3 Å². The third-order valence-corrected chi connectivity index (χ3v) is 8.05. The molecule has 4 atom stereocenters. The van der Waals surface area contributed by atoms with Crippen molar-refractivity contribution in [2.75, 3.05) is 11.9 Å². The maximum Gasteiger partial charge on any atom is 0.242 e. The van der Waals surface area contributed by atoms with Crippen LogP contribution in [0.1, 0.15) is 51.2 Å². The van der Waals surface area contributed by atoms with Crippen LogP contribution in [0.3, 0.4) is 0 Å². The Kier molecular flexibility index (Phi) is 6.90. The number of likely N-dealkylation sites (tertiary alicyclic amines) is 1. The first-order valence-electron chi connectivity index (χ1n) is 12.7. The van der Waals surface area contributed by atoms with E-state index in [1.807, 2.05) is 42.5 Å². The van der Waals surface area contributed by atoms with Gasteiger partial charge in [0.2, 0.25) is 5.91 Å². The molecule has 0 bridgehead atoms. The van der Waals surface area contributed by atoms with Gasteiger partial charge in [-0.25, -0.2) is 0 Å². The van der Waals surface area contributed by atoms with E-state index >= 15 is 0 Å². The normalized spacial score (nSPS) is 25.0. The Balaban J connectivity index is 1.74. The van der Waals surface area contributed by atoms with E-state index in [-0.39, 0.29) is 23.3 Å². The molecule has 3 heterocycles. The van der Waals surface area contributed by atoms with Crippen LogP contribution in [-0.2, 0) is 10.2 Å². The van der Waals surface area contributed by atoms with Gasteiger partial charge in [-0.05, 0) is 65.9 Å². The highest BCUT2D eigenvalue weighted by Gasteiger charge is 2.63. The maximum atomic E-state index is 14.2. The number of aromatic nitrogens is 1. The molecule has 5 nitrogen and oxygen atoms in total. The van der Waals surface area contributed by atoms with Crippen molar-refractivity contribution >= 4 is 46.7 Å². The van der Waals surface area contributed by atoms with E-state index in [0.29, 0.717) is 16.6 Å². The van der Waals surface area contributed by atoms with E-state index in [1.165, 1.54) is 0 Å². The molecule has 2 aliphatic rings. The lowest BCUT2D eigenvalue weighted by atomic mass is 9.63. The van der Waals surface area contributed by atoms with Crippen molar-refractivity contribution in [3.05, 3.63) is 88.2 Å². The van der Waals surface area contributed by atoms with Crippen molar-refractivity contribution in [2.24, 2.45) is 10.4 Å². The second kappa shape index (κ2) is 9.86. The summed E-state index contributed by atoms with van der Waals surface area (Å²) < 4.78 is 0. The van der Waals surface area contributed by atoms with Gasteiger partial charge in [-0.1, -0.05) is 69.1 Å². The van der Waals surface area contributed by atoms with E-state index < -0.39 is 11.5 Å². The number of rotatable bonds is 5. The quantitative estimate of drug-likeness (QED) is 0.374. The van der Waals surface area contributed by atoms with E-state index in [4.69, 9.17) is 28.2 Å². The number of benzene rings is 2. The van der Waals surface area contributed by atoms with E-state index in [9.17, 15) is 4.79 Å². The number of carbonyl (C=O) groups excluding carboxylic acids is 1. The van der Waals surface area contributed by atoms with Gasteiger partial charge >= 0.3 is 0 Å². The Bertz CT molecular complexity index is 1340. The zero-order valence-corrected chi connectivity index (χ0v) is 23.1. The molecular weight excluding hydrogens is 503 g/mol. The molecule has 0 unspecified atom stereocenters. The van der Waals surface area contributed by atoms with Gasteiger partial charge in [-0.2, -0.15) is 0 Å². The molecule has 0 aliphatic carbocycles. The molecule has 1 amide bonds. The minimum Gasteiger partial charge on any atom is -0.325 e. The third-order valence-electron chi connectivity index (χ3n) is 7.58. The molecule has 2 aliphatic heterocycles. The number of anilines is 1. The van der Waals surface area contributed by atoms with Gasteiger partial charge < -0.3 is 5.32 Å². The number of aliphatic imine (C=N–C) groups is 1. The molecule has 1 N–H and O–H groups in total. The predicted octanol–water partition coefficient (Wildman–Crippen LogP) is 7.27. The minimum absolute atomic E-state index is 0.0173. The summed E-state index contributed by atoms with van der Waals surface area (Å²) in [5.41, 5.74) is 3.20. The van der Waals surface area contributed by atoms with Crippen LogP contribution in [0, 0.1) is 5.41 Å². The largest absolute Gasteiger partial charge is 0.325 e. The van der Waals surface area contributed by atoms with Crippen LogP contribution in [0.4, 0.5) is 11.4 Å². The summed E-state index contributed by atoms with van der Waals surface area (Å²) >= 11 is 12.9. The number of carbonyl (C=O) groups is 1. The number of pyridine rings is 1. The van der Waals surface area contributed by atoms with Crippen LogP contribution in [0.5, 0.6) is 0 Å². The van der Waals surface area contributed by atoms with Crippen LogP contribution >= 0.6 is 23.2 Å². The molecule has 1 saturated heterocycles. The Hall–Kier alpha value is -2.73. The van der Waals surface area contributed by atoms with Crippen molar-refractivity contribution in [3.8, 4) is 0 Å². The summed E-state index contributed by atoms with van der Waals surface area (Å²) in [6, 6.07) is 17.1. The summed E-state index contributed by atoms with van der Waals surface area (Å²) in [6.07, 6.45) is 6.33. The van der Waals surface area contributed by atoms with Crippen LogP contribution < -0.4 is 5.32 Å². The Morgan fingerprint density at radius 2 is 1.78 bits per heavy atom. The van der Waals surface area contributed by atoms with Gasteiger partial charge in [0.15, 0.2) is 0 Å². The van der Waals surface area contributed by atoms with Gasteiger partial charge in [0.1, 0.15) is 0 Å². The molecule has 1 fully saturated rings. The number of hydrogen-bond donors (Lipinski definition) is 1. The molecule has 192 valence electrons. The number of amides is 1. The molecular formula is C30H32Cl2N4O. The number of likely N-dealkylation sites (N-methyl/N-ethyl adjacent to an activating group) is 1. The molecule has 5 rings (SSSR count). The van der Waals surface area contributed by atoms with E-state index in [0.717, 1.165) is 28.9 Å². The minimum atomic E-state index is -0.534. The van der Waals surface area contributed by atoms with Crippen LogP contribution in [0.15, 0.2) is 72.0 Å². The monoisotopic (exact) mass is 534 g/mol. The molecule has 3 aromatic rings. The first-order valence-corrected chi connectivity index (χ1v) is 13.5. The smallest absolute Gasteiger partial charge is 0.242 e. The highest BCUT2D eigenvalue weighted by atomic mass is 35.5. The second-order valence-corrected chi connectivity index (χ2v) is 12.0. The molecule has 0 saturated carbocycles. The lowest BCUT2D eigenvalue weighted by Crippen LogP contribution is -2.47. The highest BCUT2D eigenvalue weighted by molar-refractivity contribution is 6.31. The van der Waals surface area contributed by atoms with Crippen molar-refractivity contribution in [1.82, 2.24) is 9.88 Å². The number of halogens is 2. The third kappa shape index (κ3) is 4.69. The van der Waals surface area contributed by atoms with Crippen LogP contribution in [-0.4, -0.2) is 40.6 Å². The Labute approximate surface area is 228 Å². The van der Waals surface area contributed by atoms with E-state index in [1.54, 1.807) is 12.4 Å². The number of nitrogens with one attached hydrogen (secondary N) is 1. The average molecular weight is 536 g/mol.